The summed E-state index contributed by atoms with van der Waals surface area (Å²) in [6, 6.07) is 7.94. The van der Waals surface area contributed by atoms with E-state index in [9.17, 15) is 0 Å². The molecule has 0 aliphatic rings. The van der Waals surface area contributed by atoms with Crippen molar-refractivity contribution in [3.8, 4) is 11.5 Å². The van der Waals surface area contributed by atoms with Gasteiger partial charge in [-0.15, -0.1) is 0 Å². The van der Waals surface area contributed by atoms with Crippen molar-refractivity contribution >= 4 is 5.71 Å². The molecule has 0 aliphatic carbocycles. The van der Waals surface area contributed by atoms with Crippen LogP contribution in [0.4, 0.5) is 0 Å². The van der Waals surface area contributed by atoms with E-state index in [0.29, 0.717) is 13.2 Å². The Bertz CT molecular complexity index is 773. The van der Waals surface area contributed by atoms with Crippen LogP contribution in [0.1, 0.15) is 42.7 Å². The first-order chi connectivity index (χ1) is 13.1. The minimum absolute atomic E-state index is 0.406. The molecule has 0 saturated carbocycles. The lowest BCUT2D eigenvalue weighted by atomic mass is 10.1. The van der Waals surface area contributed by atoms with Gasteiger partial charge in [-0.3, -0.25) is 4.98 Å². The highest BCUT2D eigenvalue weighted by Crippen LogP contribution is 2.29. The number of pyridine rings is 1. The maximum Gasteiger partial charge on any atom is 0.130 e. The molecule has 0 atom stereocenters. The van der Waals surface area contributed by atoms with E-state index in [1.54, 1.807) is 13.3 Å². The van der Waals surface area contributed by atoms with E-state index in [1.165, 1.54) is 0 Å². The van der Waals surface area contributed by atoms with Crippen molar-refractivity contribution in [2.45, 2.75) is 40.7 Å². The fourth-order valence-corrected chi connectivity index (χ4v) is 2.72. The molecule has 5 nitrogen and oxygen atoms in total. The molecule has 1 aromatic carbocycles. The molecule has 0 spiro atoms. The Balaban J connectivity index is 2.04. The van der Waals surface area contributed by atoms with Gasteiger partial charge < -0.3 is 14.3 Å². The Morgan fingerprint density at radius 1 is 1.15 bits per heavy atom. The van der Waals surface area contributed by atoms with Gasteiger partial charge in [0, 0.05) is 11.8 Å². The number of hydrogen-bond donors (Lipinski definition) is 0. The van der Waals surface area contributed by atoms with Crippen molar-refractivity contribution in [3.05, 3.63) is 65.0 Å². The molecule has 0 bridgehead atoms. The van der Waals surface area contributed by atoms with Crippen LogP contribution in [0.5, 0.6) is 11.5 Å². The highest BCUT2D eigenvalue weighted by molar-refractivity contribution is 5.99. The molecule has 1 heterocycles. The second-order valence-electron chi connectivity index (χ2n) is 6.17. The van der Waals surface area contributed by atoms with Crippen LogP contribution in [-0.2, 0) is 11.4 Å². The van der Waals surface area contributed by atoms with Crippen LogP contribution in [-0.4, -0.2) is 24.4 Å². The molecule has 27 heavy (non-hydrogen) atoms. The van der Waals surface area contributed by atoms with Gasteiger partial charge in [0.15, 0.2) is 0 Å². The number of aryl methyl sites for hydroxylation is 2. The Morgan fingerprint density at radius 3 is 2.44 bits per heavy atom. The average molecular weight is 368 g/mol. The summed E-state index contributed by atoms with van der Waals surface area (Å²) >= 11 is 0. The first kappa shape index (κ1) is 20.5. The fourth-order valence-electron chi connectivity index (χ4n) is 2.72. The minimum Gasteiger partial charge on any atom is -0.490 e. The molecule has 144 valence electrons. The number of benzene rings is 1. The Morgan fingerprint density at radius 2 is 1.89 bits per heavy atom. The molecule has 0 radical (unpaired) electrons. The van der Waals surface area contributed by atoms with Crippen molar-refractivity contribution in [2.24, 2.45) is 5.16 Å². The van der Waals surface area contributed by atoms with Crippen molar-refractivity contribution in [1.82, 2.24) is 4.98 Å². The van der Waals surface area contributed by atoms with Crippen molar-refractivity contribution < 1.29 is 14.3 Å². The monoisotopic (exact) mass is 368 g/mol. The van der Waals surface area contributed by atoms with E-state index in [-0.39, 0.29) is 0 Å². The standard InChI is InChI=1S/C22H28N2O3/c1-6-8-11-26-20-12-16(3)22(17(4)13-20)27-15-19-10-9-18(14-23-19)21(7-2)24-25-5/h6,8-10,12-14H,7,11,15H2,1-5H3/b8-6+,24-21+. The summed E-state index contributed by atoms with van der Waals surface area (Å²) in [7, 11) is 1.55. The van der Waals surface area contributed by atoms with E-state index in [2.05, 4.69) is 10.1 Å². The summed E-state index contributed by atoms with van der Waals surface area (Å²) in [5, 5.41) is 4.02. The van der Waals surface area contributed by atoms with Crippen LogP contribution >= 0.6 is 0 Å². The predicted octanol–water partition coefficient (Wildman–Crippen LogP) is 4.99. The van der Waals surface area contributed by atoms with Crippen LogP contribution < -0.4 is 9.47 Å². The van der Waals surface area contributed by atoms with Crippen molar-refractivity contribution in [3.63, 3.8) is 0 Å². The Labute approximate surface area is 161 Å². The molecule has 0 saturated heterocycles. The van der Waals surface area contributed by atoms with Gasteiger partial charge in [-0.2, -0.15) is 0 Å². The highest BCUT2D eigenvalue weighted by atomic mass is 16.6. The molecule has 0 N–H and O–H groups in total. The van der Waals surface area contributed by atoms with Gasteiger partial charge in [0.05, 0.1) is 11.4 Å². The lowest BCUT2D eigenvalue weighted by Crippen LogP contribution is -2.05. The number of oxime groups is 1. The number of aromatic nitrogens is 1. The van der Waals surface area contributed by atoms with Gasteiger partial charge in [-0.25, -0.2) is 0 Å². The van der Waals surface area contributed by atoms with E-state index in [1.807, 2.05) is 64.1 Å². The van der Waals surface area contributed by atoms with Gasteiger partial charge >= 0.3 is 0 Å². The third kappa shape index (κ3) is 5.84. The van der Waals surface area contributed by atoms with E-state index in [0.717, 1.165) is 46.0 Å². The fraction of sp³-hybridized carbons (Fsp3) is 0.364. The smallest absolute Gasteiger partial charge is 0.130 e. The van der Waals surface area contributed by atoms with Crippen LogP contribution in [0.3, 0.4) is 0 Å². The van der Waals surface area contributed by atoms with Gasteiger partial charge in [0.2, 0.25) is 0 Å². The summed E-state index contributed by atoms with van der Waals surface area (Å²) in [5.41, 5.74) is 4.78. The lowest BCUT2D eigenvalue weighted by Gasteiger charge is -2.14. The van der Waals surface area contributed by atoms with Gasteiger partial charge in [-0.1, -0.05) is 24.2 Å². The summed E-state index contributed by atoms with van der Waals surface area (Å²) in [5.74, 6) is 1.72. The van der Waals surface area contributed by atoms with Gasteiger partial charge in [0.25, 0.3) is 0 Å². The molecular formula is C22H28N2O3. The Kier molecular flexibility index (Phi) is 7.86. The SMILES string of the molecule is C/C=C/COc1cc(C)c(OCc2ccc(/C(CC)=N/OC)cn2)c(C)c1. The summed E-state index contributed by atoms with van der Waals surface area (Å²) in [6.07, 6.45) is 6.54. The quantitative estimate of drug-likeness (QED) is 0.355. The minimum atomic E-state index is 0.406. The normalized spacial score (nSPS) is 11.7. The molecule has 2 aromatic rings. The van der Waals surface area contributed by atoms with Crippen molar-refractivity contribution in [2.75, 3.05) is 13.7 Å². The van der Waals surface area contributed by atoms with Crippen LogP contribution in [0.15, 0.2) is 47.8 Å². The van der Waals surface area contributed by atoms with Gasteiger partial charge in [0.1, 0.15) is 31.8 Å². The maximum absolute atomic E-state index is 6.02. The molecule has 0 amide bonds. The zero-order chi connectivity index (χ0) is 19.6. The maximum atomic E-state index is 6.02. The number of hydrogen-bond acceptors (Lipinski definition) is 5. The molecule has 0 fully saturated rings. The number of allylic oxidation sites excluding steroid dienone is 1. The van der Waals surface area contributed by atoms with E-state index < -0.39 is 0 Å². The third-order valence-corrected chi connectivity index (χ3v) is 4.07. The number of nitrogens with zero attached hydrogens (tertiary/aromatic N) is 2. The Hall–Kier alpha value is -2.82. The third-order valence-electron chi connectivity index (χ3n) is 4.07. The van der Waals surface area contributed by atoms with Crippen LogP contribution in [0.2, 0.25) is 0 Å². The summed E-state index contributed by atoms with van der Waals surface area (Å²) in [6.45, 7) is 9.03. The largest absolute Gasteiger partial charge is 0.490 e. The summed E-state index contributed by atoms with van der Waals surface area (Å²) < 4.78 is 11.7. The molecule has 5 heteroatoms. The number of ether oxygens (including phenoxy) is 2. The second-order valence-corrected chi connectivity index (χ2v) is 6.17. The van der Waals surface area contributed by atoms with Gasteiger partial charge in [-0.05, 0) is 62.6 Å². The average Bonchev–Trinajstić information content (AvgIpc) is 2.66. The lowest BCUT2D eigenvalue weighted by molar-refractivity contribution is 0.213. The molecular weight excluding hydrogens is 340 g/mol. The molecule has 1 aromatic heterocycles. The zero-order valence-corrected chi connectivity index (χ0v) is 16.8. The number of rotatable bonds is 9. The topological polar surface area (TPSA) is 52.9 Å². The molecule has 0 aliphatic heterocycles. The predicted molar refractivity (Wildman–Crippen MR) is 109 cm³/mol. The van der Waals surface area contributed by atoms with E-state index in [4.69, 9.17) is 14.3 Å². The van der Waals surface area contributed by atoms with E-state index >= 15 is 0 Å². The summed E-state index contributed by atoms with van der Waals surface area (Å²) in [4.78, 5) is 9.35. The van der Waals surface area contributed by atoms with Crippen molar-refractivity contribution in [1.29, 1.82) is 0 Å². The molecule has 2 rings (SSSR count). The first-order valence-corrected chi connectivity index (χ1v) is 9.12. The highest BCUT2D eigenvalue weighted by Gasteiger charge is 2.09. The van der Waals surface area contributed by atoms with Crippen LogP contribution in [0, 0.1) is 13.8 Å². The van der Waals surface area contributed by atoms with Crippen LogP contribution in [0.25, 0.3) is 0 Å². The second kappa shape index (κ2) is 10.4. The molecule has 0 unspecified atom stereocenters. The first-order valence-electron chi connectivity index (χ1n) is 9.12. The zero-order valence-electron chi connectivity index (χ0n) is 16.8.